The van der Waals surface area contributed by atoms with Crippen LogP contribution in [0.4, 0.5) is 5.69 Å². The molecule has 0 aliphatic rings. The Morgan fingerprint density at radius 1 is 1.07 bits per heavy atom. The molecule has 2 heterocycles. The van der Waals surface area contributed by atoms with Crippen LogP contribution in [0.15, 0.2) is 41.3 Å². The molecule has 0 fully saturated rings. The number of benzene rings is 1. The first-order chi connectivity index (χ1) is 13.7. The lowest BCUT2D eigenvalue weighted by Crippen LogP contribution is -2.23. The largest absolute Gasteiger partial charge is 0.355 e. The molecule has 6 nitrogen and oxygen atoms in total. The third-order valence-corrected chi connectivity index (χ3v) is 5.30. The minimum atomic E-state index is -0.463. The minimum absolute atomic E-state index is 0.253. The van der Waals surface area contributed by atoms with Crippen molar-refractivity contribution in [2.24, 2.45) is 0 Å². The Morgan fingerprint density at radius 2 is 1.72 bits per heavy atom. The number of anilines is 1. The molecule has 0 saturated heterocycles. The van der Waals surface area contributed by atoms with Crippen LogP contribution in [0, 0.1) is 6.92 Å². The first kappa shape index (κ1) is 21.6. The van der Waals surface area contributed by atoms with Crippen LogP contribution in [0.2, 0.25) is 15.1 Å². The number of rotatable bonds is 4. The molecule has 0 radical (unpaired) electrons. The predicted molar refractivity (Wildman–Crippen MR) is 119 cm³/mol. The summed E-state index contributed by atoms with van der Waals surface area (Å²) in [6.07, 6.45) is 4.53. The Labute approximate surface area is 190 Å². The summed E-state index contributed by atoms with van der Waals surface area (Å²) in [7, 11) is 1.50. The third-order valence-electron chi connectivity index (χ3n) is 4.10. The quantitative estimate of drug-likeness (QED) is 0.480. The van der Waals surface area contributed by atoms with Gasteiger partial charge < -0.3 is 15.2 Å². The number of nitrogens with one attached hydrogen (secondary N) is 2. The molecule has 2 aromatic heterocycles. The number of aromatic nitrogens is 2. The van der Waals surface area contributed by atoms with Crippen LogP contribution in [-0.4, -0.2) is 28.4 Å². The zero-order valence-corrected chi connectivity index (χ0v) is 19.0. The second-order valence-corrected chi connectivity index (χ2v) is 8.21. The number of hydrogen-bond acceptors (Lipinski definition) is 3. The van der Waals surface area contributed by atoms with Gasteiger partial charge in [0.05, 0.1) is 27.0 Å². The Kier molecular flexibility index (Phi) is 6.53. The minimum Gasteiger partial charge on any atom is -0.355 e. The molecule has 0 saturated carbocycles. The molecule has 3 rings (SSSR count). The molecule has 1 aromatic carbocycles. The number of aryl methyl sites for hydroxylation is 1. The average molecular weight is 517 g/mol. The van der Waals surface area contributed by atoms with Crippen LogP contribution in [0.1, 0.15) is 26.4 Å². The van der Waals surface area contributed by atoms with Crippen molar-refractivity contribution < 1.29 is 9.59 Å². The van der Waals surface area contributed by atoms with E-state index >= 15 is 0 Å². The van der Waals surface area contributed by atoms with Gasteiger partial charge in [0.2, 0.25) is 0 Å². The van der Waals surface area contributed by atoms with Gasteiger partial charge in [-0.25, -0.2) is 0 Å². The molecule has 2 N–H and O–H groups in total. The van der Waals surface area contributed by atoms with Gasteiger partial charge in [-0.3, -0.25) is 14.6 Å². The molecule has 10 heteroatoms. The van der Waals surface area contributed by atoms with Gasteiger partial charge >= 0.3 is 0 Å². The van der Waals surface area contributed by atoms with Crippen molar-refractivity contribution >= 4 is 68.2 Å². The third kappa shape index (κ3) is 4.43. The lowest BCUT2D eigenvalue weighted by Gasteiger charge is -2.16. The topological polar surface area (TPSA) is 76.0 Å². The number of nitrogens with zero attached hydrogens (tertiary/aromatic N) is 2. The lowest BCUT2D eigenvalue weighted by molar-refractivity contribution is 0.0964. The molecule has 29 heavy (non-hydrogen) atoms. The highest BCUT2D eigenvalue weighted by Gasteiger charge is 2.22. The zero-order valence-electron chi connectivity index (χ0n) is 15.2. The summed E-state index contributed by atoms with van der Waals surface area (Å²) in [5, 5.41) is 6.29. The van der Waals surface area contributed by atoms with Gasteiger partial charge in [0.15, 0.2) is 0 Å². The molecule has 0 aliphatic heterocycles. The SMILES string of the molecule is CNC(=O)c1cc(Cl)cc(C)c1NC(=O)c1cc(Br)cn1-c1c(Cl)cncc1Cl. The summed E-state index contributed by atoms with van der Waals surface area (Å²) in [5.74, 6) is -0.835. The lowest BCUT2D eigenvalue weighted by atomic mass is 10.1. The summed E-state index contributed by atoms with van der Waals surface area (Å²) in [5.41, 5.74) is 1.92. The Hall–Kier alpha value is -2.06. The Morgan fingerprint density at radius 3 is 2.34 bits per heavy atom. The van der Waals surface area contributed by atoms with Crippen molar-refractivity contribution in [3.8, 4) is 5.69 Å². The van der Waals surface area contributed by atoms with E-state index in [0.29, 0.717) is 26.4 Å². The molecule has 2 amide bonds. The second-order valence-electron chi connectivity index (χ2n) is 6.04. The van der Waals surface area contributed by atoms with Gasteiger partial charge in [-0.1, -0.05) is 34.8 Å². The second kappa shape index (κ2) is 8.75. The number of carbonyl (C=O) groups is 2. The van der Waals surface area contributed by atoms with E-state index in [1.807, 2.05) is 0 Å². The van der Waals surface area contributed by atoms with Gasteiger partial charge in [-0.15, -0.1) is 0 Å². The molecule has 0 aliphatic carbocycles. The maximum absolute atomic E-state index is 13.1. The van der Waals surface area contributed by atoms with E-state index < -0.39 is 5.91 Å². The van der Waals surface area contributed by atoms with Crippen molar-refractivity contribution in [2.45, 2.75) is 6.92 Å². The van der Waals surface area contributed by atoms with Crippen LogP contribution in [0.5, 0.6) is 0 Å². The Bertz CT molecular complexity index is 1110. The molecular weight excluding hydrogens is 502 g/mol. The van der Waals surface area contributed by atoms with E-state index in [2.05, 4.69) is 31.5 Å². The van der Waals surface area contributed by atoms with E-state index in [1.54, 1.807) is 29.8 Å². The van der Waals surface area contributed by atoms with Gasteiger partial charge in [-0.05, 0) is 46.6 Å². The van der Waals surface area contributed by atoms with E-state index in [0.717, 1.165) is 0 Å². The zero-order chi connectivity index (χ0) is 21.3. The predicted octanol–water partition coefficient (Wildman–Crippen LogP) is 5.52. The highest BCUT2D eigenvalue weighted by molar-refractivity contribution is 9.10. The average Bonchev–Trinajstić information content (AvgIpc) is 3.04. The fraction of sp³-hybridized carbons (Fsp3) is 0.105. The number of halogens is 4. The van der Waals surface area contributed by atoms with Crippen molar-refractivity contribution in [1.82, 2.24) is 14.9 Å². The van der Waals surface area contributed by atoms with E-state index in [4.69, 9.17) is 34.8 Å². The Balaban J connectivity index is 2.08. The molecule has 0 spiro atoms. The summed E-state index contributed by atoms with van der Waals surface area (Å²) in [6, 6.07) is 4.77. The van der Waals surface area contributed by atoms with Crippen molar-refractivity contribution in [3.63, 3.8) is 0 Å². The molecular formula is C19H14BrCl3N4O2. The maximum atomic E-state index is 13.1. The van der Waals surface area contributed by atoms with E-state index in [-0.39, 0.29) is 27.2 Å². The molecule has 0 unspecified atom stereocenters. The standard InChI is InChI=1S/C19H14BrCl3N4O2/c1-9-3-11(21)5-12(18(28)24-2)16(9)26-19(29)15-4-10(20)8-27(15)17-13(22)6-25-7-14(17)23/h3-8H,1-2H3,(H,24,28)(H,26,29). The van der Waals surface area contributed by atoms with Crippen LogP contribution in [-0.2, 0) is 0 Å². The van der Waals surface area contributed by atoms with Gasteiger partial charge in [-0.2, -0.15) is 0 Å². The number of amides is 2. The summed E-state index contributed by atoms with van der Waals surface area (Å²) >= 11 is 22.0. The molecule has 0 atom stereocenters. The van der Waals surface area contributed by atoms with Gasteiger partial charge in [0.25, 0.3) is 11.8 Å². The van der Waals surface area contributed by atoms with Gasteiger partial charge in [0, 0.05) is 35.1 Å². The van der Waals surface area contributed by atoms with Crippen LogP contribution in [0.25, 0.3) is 5.69 Å². The molecule has 0 bridgehead atoms. The van der Waals surface area contributed by atoms with Crippen LogP contribution in [0.3, 0.4) is 0 Å². The fourth-order valence-corrected chi connectivity index (χ4v) is 4.07. The molecule has 150 valence electrons. The van der Waals surface area contributed by atoms with Crippen LogP contribution >= 0.6 is 50.7 Å². The smallest absolute Gasteiger partial charge is 0.272 e. The maximum Gasteiger partial charge on any atom is 0.272 e. The first-order valence-corrected chi connectivity index (χ1v) is 10.2. The fourth-order valence-electron chi connectivity index (χ4n) is 2.83. The van der Waals surface area contributed by atoms with Gasteiger partial charge in [0.1, 0.15) is 5.69 Å². The highest BCUT2D eigenvalue weighted by Crippen LogP contribution is 2.32. The molecule has 3 aromatic rings. The monoisotopic (exact) mass is 514 g/mol. The van der Waals surface area contributed by atoms with Crippen molar-refractivity contribution in [1.29, 1.82) is 0 Å². The van der Waals surface area contributed by atoms with Crippen LogP contribution < -0.4 is 10.6 Å². The summed E-state index contributed by atoms with van der Waals surface area (Å²) in [6.45, 7) is 1.75. The van der Waals surface area contributed by atoms with Crippen molar-refractivity contribution in [2.75, 3.05) is 12.4 Å². The normalized spacial score (nSPS) is 10.7. The highest BCUT2D eigenvalue weighted by atomic mass is 79.9. The summed E-state index contributed by atoms with van der Waals surface area (Å²) < 4.78 is 2.20. The number of hydrogen-bond donors (Lipinski definition) is 2. The van der Waals surface area contributed by atoms with Crippen molar-refractivity contribution in [3.05, 3.63) is 73.2 Å². The summed E-state index contributed by atoms with van der Waals surface area (Å²) in [4.78, 5) is 29.3. The number of pyridine rings is 1. The first-order valence-electron chi connectivity index (χ1n) is 8.23. The van der Waals surface area contributed by atoms with E-state index in [1.165, 1.54) is 25.5 Å². The van der Waals surface area contributed by atoms with E-state index in [9.17, 15) is 9.59 Å². The number of carbonyl (C=O) groups excluding carboxylic acids is 2.